The zero-order chi connectivity index (χ0) is 20.2. The third-order valence-corrected chi connectivity index (χ3v) is 5.46. The number of carbonyl (C=O) groups is 1. The maximum absolute atomic E-state index is 12.3. The van der Waals surface area contributed by atoms with Gasteiger partial charge >= 0.3 is 0 Å². The van der Waals surface area contributed by atoms with Gasteiger partial charge in [-0.05, 0) is 6.42 Å². The van der Waals surface area contributed by atoms with Crippen molar-refractivity contribution < 1.29 is 4.79 Å². The van der Waals surface area contributed by atoms with E-state index in [2.05, 4.69) is 26.9 Å². The number of hydrogen-bond donors (Lipinski definition) is 3. The Morgan fingerprint density at radius 3 is 1.96 bits per heavy atom. The van der Waals surface area contributed by atoms with E-state index in [0.717, 1.165) is 12.8 Å². The van der Waals surface area contributed by atoms with Crippen LogP contribution in [0.3, 0.4) is 0 Å². The molecule has 0 fully saturated rings. The molecule has 0 unspecified atom stereocenters. The van der Waals surface area contributed by atoms with Crippen molar-refractivity contribution in [2.24, 2.45) is 0 Å². The van der Waals surface area contributed by atoms with Gasteiger partial charge in [-0.25, -0.2) is 4.98 Å². The minimum absolute atomic E-state index is 0.00837. The lowest BCUT2D eigenvalue weighted by atomic mass is 10.0. The first-order valence-corrected chi connectivity index (χ1v) is 11.3. The number of Topliss-reactive ketones (excluding diaryl/α,β-unsaturated/α-hetero) is 1. The molecule has 2 heterocycles. The Hall–Kier alpha value is -1.76. The summed E-state index contributed by atoms with van der Waals surface area (Å²) in [5.41, 5.74) is 6.59. The zero-order valence-corrected chi connectivity index (χ0v) is 18.0. The second-order valence-corrected chi connectivity index (χ2v) is 8.06. The van der Waals surface area contributed by atoms with Gasteiger partial charge < -0.3 is 15.7 Å². The van der Waals surface area contributed by atoms with Gasteiger partial charge in [0.2, 0.25) is 5.95 Å². The van der Waals surface area contributed by atoms with Crippen LogP contribution in [-0.2, 0) is 0 Å². The molecule has 2 aromatic heterocycles. The highest BCUT2D eigenvalue weighted by atomic mass is 32.1. The quantitative estimate of drug-likeness (QED) is 0.184. The van der Waals surface area contributed by atoms with Gasteiger partial charge in [0.25, 0.3) is 0 Å². The van der Waals surface area contributed by atoms with Crippen molar-refractivity contribution >= 4 is 35.1 Å². The van der Waals surface area contributed by atoms with Crippen LogP contribution >= 0.6 is 12.2 Å². The van der Waals surface area contributed by atoms with E-state index in [-0.39, 0.29) is 11.7 Å². The largest absolute Gasteiger partial charge is 0.369 e. The third-order valence-electron chi connectivity index (χ3n) is 5.15. The number of hydrogen-bond acceptors (Lipinski definition) is 5. The molecule has 156 valence electrons. The summed E-state index contributed by atoms with van der Waals surface area (Å²) in [6.07, 6.45) is 17.3. The standard InChI is InChI=1S/C21H35N5OS/c1-2-3-4-5-6-7-8-9-10-11-12-13-14-15-16(27)18-23-17-19(24-18)25-21(22)26-20(17)28/h2-15H2,1H3,(H4,22,23,24,25,26,28). The van der Waals surface area contributed by atoms with Gasteiger partial charge in [-0.15, -0.1) is 0 Å². The summed E-state index contributed by atoms with van der Waals surface area (Å²) in [7, 11) is 0. The predicted octanol–water partition coefficient (Wildman–Crippen LogP) is 6.26. The molecule has 2 rings (SSSR count). The lowest BCUT2D eigenvalue weighted by Crippen LogP contribution is -2.01. The number of H-pyrrole nitrogens is 2. The van der Waals surface area contributed by atoms with E-state index >= 15 is 0 Å². The van der Waals surface area contributed by atoms with Crippen LogP contribution in [0.1, 0.15) is 107 Å². The Labute approximate surface area is 173 Å². The molecule has 7 heteroatoms. The molecule has 0 saturated carbocycles. The number of imidazole rings is 1. The van der Waals surface area contributed by atoms with Crippen LogP contribution in [0.4, 0.5) is 5.95 Å². The van der Waals surface area contributed by atoms with Crippen molar-refractivity contribution in [1.29, 1.82) is 0 Å². The van der Waals surface area contributed by atoms with Gasteiger partial charge in [0.15, 0.2) is 17.3 Å². The molecule has 0 amide bonds. The SMILES string of the molecule is CCCCCCCCCCCCCCCC(=O)c1nc2nc(N)[nH]c(=S)c2[nH]1. The number of nitrogen functional groups attached to an aromatic ring is 1. The van der Waals surface area contributed by atoms with E-state index in [4.69, 9.17) is 18.0 Å². The van der Waals surface area contributed by atoms with E-state index in [1.165, 1.54) is 70.6 Å². The zero-order valence-electron chi connectivity index (χ0n) is 17.2. The smallest absolute Gasteiger partial charge is 0.200 e. The number of ketones is 1. The highest BCUT2D eigenvalue weighted by Crippen LogP contribution is 2.15. The fourth-order valence-corrected chi connectivity index (χ4v) is 3.72. The molecule has 0 radical (unpaired) electrons. The van der Waals surface area contributed by atoms with Crippen molar-refractivity contribution in [1.82, 2.24) is 19.9 Å². The Morgan fingerprint density at radius 1 is 0.857 bits per heavy atom. The first kappa shape index (κ1) is 22.5. The van der Waals surface area contributed by atoms with Crippen LogP contribution in [-0.4, -0.2) is 25.7 Å². The highest BCUT2D eigenvalue weighted by molar-refractivity contribution is 7.71. The van der Waals surface area contributed by atoms with E-state index < -0.39 is 0 Å². The predicted molar refractivity (Wildman–Crippen MR) is 118 cm³/mol. The van der Waals surface area contributed by atoms with E-state index in [1.807, 2.05) is 0 Å². The summed E-state index contributed by atoms with van der Waals surface area (Å²) in [4.78, 5) is 26.4. The molecule has 0 spiro atoms. The van der Waals surface area contributed by atoms with Crippen LogP contribution in [0.2, 0.25) is 0 Å². The third kappa shape index (κ3) is 7.70. The summed E-state index contributed by atoms with van der Waals surface area (Å²) in [6.45, 7) is 2.26. The second kappa shape index (κ2) is 12.6. The monoisotopic (exact) mass is 405 g/mol. The van der Waals surface area contributed by atoms with Crippen molar-refractivity contribution in [3.8, 4) is 0 Å². The van der Waals surface area contributed by atoms with Crippen molar-refractivity contribution in [2.45, 2.75) is 96.8 Å². The number of fused-ring (bicyclic) bond motifs is 1. The van der Waals surface area contributed by atoms with Gasteiger partial charge in [-0.1, -0.05) is 96.2 Å². The van der Waals surface area contributed by atoms with Crippen LogP contribution in [0.15, 0.2) is 0 Å². The molecule has 6 nitrogen and oxygen atoms in total. The van der Waals surface area contributed by atoms with E-state index in [9.17, 15) is 4.79 Å². The number of nitrogens with one attached hydrogen (secondary N) is 2. The van der Waals surface area contributed by atoms with Crippen LogP contribution < -0.4 is 5.73 Å². The maximum Gasteiger partial charge on any atom is 0.200 e. The molecule has 0 aliphatic carbocycles. The molecule has 4 N–H and O–H groups in total. The van der Waals surface area contributed by atoms with E-state index in [0.29, 0.717) is 28.0 Å². The summed E-state index contributed by atoms with van der Waals surface area (Å²) in [5.74, 6) is 0.542. The van der Waals surface area contributed by atoms with Crippen molar-refractivity contribution in [3.05, 3.63) is 10.5 Å². The summed E-state index contributed by atoms with van der Waals surface area (Å²) in [5, 5.41) is 0. The Bertz CT molecular complexity index is 783. The lowest BCUT2D eigenvalue weighted by Gasteiger charge is -2.03. The number of aromatic amines is 2. The lowest BCUT2D eigenvalue weighted by molar-refractivity contribution is 0.0970. The number of nitrogens with two attached hydrogens (primary N) is 1. The van der Waals surface area contributed by atoms with Gasteiger partial charge in [-0.3, -0.25) is 4.79 Å². The fraction of sp³-hybridized carbons (Fsp3) is 0.714. The Morgan fingerprint density at radius 2 is 1.39 bits per heavy atom. The van der Waals surface area contributed by atoms with Gasteiger partial charge in [0.05, 0.1) is 0 Å². The average molecular weight is 406 g/mol. The van der Waals surface area contributed by atoms with Gasteiger partial charge in [-0.2, -0.15) is 4.98 Å². The fourth-order valence-electron chi connectivity index (χ4n) is 3.48. The van der Waals surface area contributed by atoms with Crippen molar-refractivity contribution in [3.63, 3.8) is 0 Å². The molecular formula is C21H35N5OS. The van der Waals surface area contributed by atoms with Gasteiger partial charge in [0, 0.05) is 6.42 Å². The van der Waals surface area contributed by atoms with Crippen LogP contribution in [0, 0.1) is 4.64 Å². The van der Waals surface area contributed by atoms with Crippen molar-refractivity contribution in [2.75, 3.05) is 5.73 Å². The minimum Gasteiger partial charge on any atom is -0.369 e. The average Bonchev–Trinajstić information content (AvgIpc) is 3.10. The first-order valence-electron chi connectivity index (χ1n) is 10.9. The van der Waals surface area contributed by atoms with E-state index in [1.54, 1.807) is 0 Å². The number of carbonyl (C=O) groups excluding carboxylic acids is 1. The van der Waals surface area contributed by atoms with Crippen LogP contribution in [0.25, 0.3) is 11.2 Å². The first-order chi connectivity index (χ1) is 13.6. The molecular weight excluding hydrogens is 370 g/mol. The number of aromatic nitrogens is 4. The Kier molecular flexibility index (Phi) is 10.2. The molecule has 0 aliphatic heterocycles. The molecule has 28 heavy (non-hydrogen) atoms. The maximum atomic E-state index is 12.3. The molecule has 0 bridgehead atoms. The number of anilines is 1. The number of nitrogens with zero attached hydrogens (tertiary/aromatic N) is 2. The molecule has 0 aromatic carbocycles. The Balaban J connectivity index is 1.52. The molecule has 0 aliphatic rings. The molecule has 0 saturated heterocycles. The number of unbranched alkanes of at least 4 members (excludes halogenated alkanes) is 12. The normalized spacial score (nSPS) is 11.3. The molecule has 2 aromatic rings. The summed E-state index contributed by atoms with van der Waals surface area (Å²) in [6, 6.07) is 0. The second-order valence-electron chi connectivity index (χ2n) is 7.65. The summed E-state index contributed by atoms with van der Waals surface area (Å²) >= 11 is 5.18. The highest BCUT2D eigenvalue weighted by Gasteiger charge is 2.13. The van der Waals surface area contributed by atoms with Gasteiger partial charge in [0.1, 0.15) is 10.2 Å². The minimum atomic E-state index is 0.00837. The summed E-state index contributed by atoms with van der Waals surface area (Å²) < 4.78 is 0.426. The molecule has 0 atom stereocenters. The number of rotatable bonds is 15. The van der Waals surface area contributed by atoms with Crippen LogP contribution in [0.5, 0.6) is 0 Å². The topological polar surface area (TPSA) is 100 Å².